The van der Waals surface area contributed by atoms with Gasteiger partial charge in [0.15, 0.2) is 0 Å². The van der Waals surface area contributed by atoms with E-state index in [1.54, 1.807) is 4.90 Å². The summed E-state index contributed by atoms with van der Waals surface area (Å²) in [5.41, 5.74) is 3.87. The molecular weight excluding hydrogens is 350 g/mol. The van der Waals surface area contributed by atoms with Crippen molar-refractivity contribution in [3.63, 3.8) is 0 Å². The summed E-state index contributed by atoms with van der Waals surface area (Å²) < 4.78 is 0. The molecule has 1 saturated heterocycles. The normalized spacial score (nSPS) is 14.3. The first-order valence-corrected chi connectivity index (χ1v) is 9.93. The Morgan fingerprint density at radius 2 is 1.61 bits per heavy atom. The number of amides is 3. The highest BCUT2D eigenvalue weighted by molar-refractivity contribution is 5.94. The van der Waals surface area contributed by atoms with Crippen molar-refractivity contribution in [2.75, 3.05) is 31.5 Å². The lowest BCUT2D eigenvalue weighted by Crippen LogP contribution is -2.51. The Balaban J connectivity index is 1.53. The molecule has 1 aliphatic heterocycles. The van der Waals surface area contributed by atoms with E-state index in [9.17, 15) is 9.59 Å². The molecule has 1 fully saturated rings. The van der Waals surface area contributed by atoms with Crippen LogP contribution in [0.5, 0.6) is 0 Å². The van der Waals surface area contributed by atoms with Gasteiger partial charge in [0.1, 0.15) is 0 Å². The number of benzene rings is 2. The van der Waals surface area contributed by atoms with E-state index in [1.807, 2.05) is 60.4 Å². The van der Waals surface area contributed by atoms with E-state index in [2.05, 4.69) is 19.2 Å². The maximum atomic E-state index is 12.7. The van der Waals surface area contributed by atoms with Crippen molar-refractivity contribution in [2.45, 2.75) is 27.2 Å². The topological polar surface area (TPSA) is 52.7 Å². The lowest BCUT2D eigenvalue weighted by Gasteiger charge is -2.34. The molecule has 1 N–H and O–H groups in total. The first kappa shape index (κ1) is 19.9. The molecule has 0 saturated carbocycles. The Hall–Kier alpha value is -2.82. The summed E-state index contributed by atoms with van der Waals surface area (Å²) in [4.78, 5) is 28.8. The lowest BCUT2D eigenvalue weighted by molar-refractivity contribution is 0.0671. The molecule has 0 spiro atoms. The van der Waals surface area contributed by atoms with Crippen LogP contribution < -0.4 is 5.32 Å². The van der Waals surface area contributed by atoms with Crippen molar-refractivity contribution in [3.05, 3.63) is 65.2 Å². The van der Waals surface area contributed by atoms with Gasteiger partial charge in [-0.25, -0.2) is 4.79 Å². The van der Waals surface area contributed by atoms with Crippen molar-refractivity contribution in [2.24, 2.45) is 5.92 Å². The minimum atomic E-state index is -0.115. The molecule has 0 atom stereocenters. The SMILES string of the molecule is Cc1cccc(NC(=O)N2CCN(C(=O)c3ccc(CC(C)C)cc3)CC2)c1. The second-order valence-corrected chi connectivity index (χ2v) is 7.87. The molecule has 5 heteroatoms. The third-order valence-electron chi connectivity index (χ3n) is 4.97. The predicted molar refractivity (Wildman–Crippen MR) is 113 cm³/mol. The molecule has 0 bridgehead atoms. The number of anilines is 1. The fourth-order valence-electron chi connectivity index (χ4n) is 3.48. The number of nitrogens with one attached hydrogen (secondary N) is 1. The number of urea groups is 1. The highest BCUT2D eigenvalue weighted by atomic mass is 16.2. The fourth-order valence-corrected chi connectivity index (χ4v) is 3.48. The van der Waals surface area contributed by atoms with Gasteiger partial charge in [0.05, 0.1) is 0 Å². The van der Waals surface area contributed by atoms with E-state index in [0.29, 0.717) is 37.7 Å². The number of hydrogen-bond acceptors (Lipinski definition) is 2. The molecule has 0 aliphatic carbocycles. The highest BCUT2D eigenvalue weighted by Gasteiger charge is 2.25. The largest absolute Gasteiger partial charge is 0.335 e. The Labute approximate surface area is 167 Å². The van der Waals surface area contributed by atoms with Crippen molar-refractivity contribution in [1.82, 2.24) is 9.80 Å². The van der Waals surface area contributed by atoms with Crippen molar-refractivity contribution in [3.8, 4) is 0 Å². The zero-order valence-electron chi connectivity index (χ0n) is 16.9. The van der Waals surface area contributed by atoms with Gasteiger partial charge in [0, 0.05) is 37.4 Å². The van der Waals surface area contributed by atoms with Crippen LogP contribution in [0.15, 0.2) is 48.5 Å². The van der Waals surface area contributed by atoms with Crippen LogP contribution in [0.25, 0.3) is 0 Å². The van der Waals surface area contributed by atoms with Gasteiger partial charge in [0.25, 0.3) is 5.91 Å². The molecule has 3 amide bonds. The Morgan fingerprint density at radius 1 is 0.964 bits per heavy atom. The van der Waals surface area contributed by atoms with Gasteiger partial charge in [-0.1, -0.05) is 38.1 Å². The second-order valence-electron chi connectivity index (χ2n) is 7.87. The molecule has 28 heavy (non-hydrogen) atoms. The van der Waals surface area contributed by atoms with Gasteiger partial charge in [-0.05, 0) is 54.7 Å². The number of nitrogens with zero attached hydrogens (tertiary/aromatic N) is 2. The molecule has 0 unspecified atom stereocenters. The van der Waals surface area contributed by atoms with Crippen LogP contribution in [0.2, 0.25) is 0 Å². The van der Waals surface area contributed by atoms with E-state index < -0.39 is 0 Å². The Kier molecular flexibility index (Phi) is 6.34. The third kappa shape index (κ3) is 5.12. The van der Waals surface area contributed by atoms with E-state index in [-0.39, 0.29) is 11.9 Å². The van der Waals surface area contributed by atoms with Crippen LogP contribution in [0.3, 0.4) is 0 Å². The molecule has 5 nitrogen and oxygen atoms in total. The zero-order chi connectivity index (χ0) is 20.1. The highest BCUT2D eigenvalue weighted by Crippen LogP contribution is 2.15. The van der Waals surface area contributed by atoms with Crippen LogP contribution in [-0.2, 0) is 6.42 Å². The van der Waals surface area contributed by atoms with E-state index in [4.69, 9.17) is 0 Å². The Morgan fingerprint density at radius 3 is 2.21 bits per heavy atom. The number of piperazine rings is 1. The standard InChI is InChI=1S/C23H29N3O2/c1-17(2)15-19-7-9-20(10-8-19)22(27)25-11-13-26(14-12-25)23(28)24-21-6-4-5-18(3)16-21/h4-10,16-17H,11-15H2,1-3H3,(H,24,28). The summed E-state index contributed by atoms with van der Waals surface area (Å²) >= 11 is 0. The molecule has 1 aliphatic rings. The van der Waals surface area contributed by atoms with Gasteiger partial charge < -0.3 is 15.1 Å². The monoisotopic (exact) mass is 379 g/mol. The van der Waals surface area contributed by atoms with Crippen molar-refractivity contribution >= 4 is 17.6 Å². The minimum absolute atomic E-state index is 0.0369. The predicted octanol–water partition coefficient (Wildman–Crippen LogP) is 4.18. The molecule has 148 valence electrons. The quantitative estimate of drug-likeness (QED) is 0.866. The van der Waals surface area contributed by atoms with Crippen LogP contribution in [-0.4, -0.2) is 47.9 Å². The van der Waals surface area contributed by atoms with Crippen molar-refractivity contribution < 1.29 is 9.59 Å². The third-order valence-corrected chi connectivity index (χ3v) is 4.97. The second kappa shape index (κ2) is 8.91. The smallest absolute Gasteiger partial charge is 0.321 e. The average molecular weight is 380 g/mol. The van der Waals surface area contributed by atoms with E-state index in [0.717, 1.165) is 17.7 Å². The number of carbonyl (C=O) groups excluding carboxylic acids is 2. The number of carbonyl (C=O) groups is 2. The summed E-state index contributed by atoms with van der Waals surface area (Å²) in [6.45, 7) is 8.54. The molecule has 1 heterocycles. The molecule has 2 aromatic rings. The van der Waals surface area contributed by atoms with Gasteiger partial charge >= 0.3 is 6.03 Å². The Bertz CT molecular complexity index is 822. The molecule has 0 aromatic heterocycles. The van der Waals surface area contributed by atoms with Gasteiger partial charge in [-0.3, -0.25) is 4.79 Å². The number of aryl methyl sites for hydroxylation is 1. The molecule has 0 radical (unpaired) electrons. The van der Waals surface area contributed by atoms with Crippen LogP contribution in [0.4, 0.5) is 10.5 Å². The van der Waals surface area contributed by atoms with Crippen LogP contribution >= 0.6 is 0 Å². The minimum Gasteiger partial charge on any atom is -0.335 e. The zero-order valence-corrected chi connectivity index (χ0v) is 16.9. The molecular formula is C23H29N3O2. The lowest BCUT2D eigenvalue weighted by atomic mass is 10.0. The number of rotatable bonds is 4. The molecule has 2 aromatic carbocycles. The maximum absolute atomic E-state index is 12.7. The first-order valence-electron chi connectivity index (χ1n) is 9.93. The van der Waals surface area contributed by atoms with Gasteiger partial charge in [-0.2, -0.15) is 0 Å². The van der Waals surface area contributed by atoms with E-state index >= 15 is 0 Å². The van der Waals surface area contributed by atoms with Gasteiger partial charge in [-0.15, -0.1) is 0 Å². The fraction of sp³-hybridized carbons (Fsp3) is 0.391. The summed E-state index contributed by atoms with van der Waals surface area (Å²) in [7, 11) is 0. The summed E-state index contributed by atoms with van der Waals surface area (Å²) in [5.74, 6) is 0.635. The molecule has 3 rings (SSSR count). The summed E-state index contributed by atoms with van der Waals surface area (Å²) in [6.07, 6.45) is 1.02. The average Bonchev–Trinajstić information content (AvgIpc) is 2.68. The summed E-state index contributed by atoms with van der Waals surface area (Å²) in [5, 5.41) is 2.93. The first-order chi connectivity index (χ1) is 13.4. The van der Waals surface area contributed by atoms with E-state index in [1.165, 1.54) is 5.56 Å². The van der Waals surface area contributed by atoms with Gasteiger partial charge in [0.2, 0.25) is 0 Å². The van der Waals surface area contributed by atoms with Crippen LogP contribution in [0, 0.1) is 12.8 Å². The maximum Gasteiger partial charge on any atom is 0.321 e. The number of hydrogen-bond donors (Lipinski definition) is 1. The van der Waals surface area contributed by atoms with Crippen LogP contribution in [0.1, 0.15) is 35.3 Å². The summed E-state index contributed by atoms with van der Waals surface area (Å²) in [6, 6.07) is 15.5. The van der Waals surface area contributed by atoms with Crippen molar-refractivity contribution in [1.29, 1.82) is 0 Å².